The van der Waals surface area contributed by atoms with E-state index in [1.54, 1.807) is 6.20 Å². The Morgan fingerprint density at radius 1 is 1.32 bits per heavy atom. The second-order valence-corrected chi connectivity index (χ2v) is 5.89. The molecule has 1 saturated heterocycles. The molecule has 2 unspecified atom stereocenters. The number of hydrogen-bond donors (Lipinski definition) is 1. The third-order valence-corrected chi connectivity index (χ3v) is 4.26. The van der Waals surface area contributed by atoms with Crippen LogP contribution in [0.1, 0.15) is 26.0 Å². The number of aromatic nitrogens is 3. The van der Waals surface area contributed by atoms with Crippen molar-refractivity contribution in [1.29, 1.82) is 0 Å². The van der Waals surface area contributed by atoms with Crippen LogP contribution in [0.15, 0.2) is 30.5 Å². The zero-order valence-corrected chi connectivity index (χ0v) is 13.1. The van der Waals surface area contributed by atoms with E-state index in [0.717, 1.165) is 36.6 Å². The van der Waals surface area contributed by atoms with Crippen molar-refractivity contribution in [3.05, 3.63) is 36.2 Å². The molecule has 3 heterocycles. The lowest BCUT2D eigenvalue weighted by molar-refractivity contribution is 0.102. The third-order valence-electron chi connectivity index (χ3n) is 4.26. The highest BCUT2D eigenvalue weighted by Gasteiger charge is 2.25. The van der Waals surface area contributed by atoms with E-state index in [4.69, 9.17) is 0 Å². The molecule has 5 nitrogen and oxygen atoms in total. The lowest BCUT2D eigenvalue weighted by Crippen LogP contribution is -2.43. The van der Waals surface area contributed by atoms with Gasteiger partial charge < -0.3 is 10.0 Å². The van der Waals surface area contributed by atoms with Crippen LogP contribution in [0.3, 0.4) is 0 Å². The Bertz CT molecular complexity index is 632. The van der Waals surface area contributed by atoms with Crippen LogP contribution < -0.4 is 4.90 Å². The van der Waals surface area contributed by atoms with Gasteiger partial charge in [0.2, 0.25) is 0 Å². The van der Waals surface area contributed by atoms with Gasteiger partial charge in [0.1, 0.15) is 11.5 Å². The normalized spacial score (nSPS) is 21.9. The van der Waals surface area contributed by atoms with Crippen molar-refractivity contribution >= 4 is 5.82 Å². The van der Waals surface area contributed by atoms with E-state index >= 15 is 0 Å². The molecule has 3 rings (SSSR count). The number of aliphatic hydroxyl groups is 1. The maximum absolute atomic E-state index is 10.1. The quantitative estimate of drug-likeness (QED) is 0.942. The van der Waals surface area contributed by atoms with Gasteiger partial charge in [0.25, 0.3) is 0 Å². The van der Waals surface area contributed by atoms with Gasteiger partial charge in [-0.3, -0.25) is 4.98 Å². The van der Waals surface area contributed by atoms with E-state index in [1.807, 2.05) is 24.3 Å². The molecule has 0 saturated carbocycles. The molecular formula is C17H22N4O. The fourth-order valence-corrected chi connectivity index (χ4v) is 2.69. The Balaban J connectivity index is 1.94. The number of pyridine rings is 1. The van der Waals surface area contributed by atoms with Crippen molar-refractivity contribution in [3.63, 3.8) is 0 Å². The molecule has 1 aliphatic rings. The van der Waals surface area contributed by atoms with E-state index in [1.165, 1.54) is 0 Å². The number of aryl methyl sites for hydroxylation is 1. The Hall–Kier alpha value is -2.01. The molecule has 0 spiro atoms. The molecule has 2 aromatic heterocycles. The van der Waals surface area contributed by atoms with Crippen LogP contribution in [-0.4, -0.2) is 39.3 Å². The Labute approximate surface area is 131 Å². The smallest absolute Gasteiger partial charge is 0.180 e. The predicted molar refractivity (Wildman–Crippen MR) is 86.6 cm³/mol. The first-order valence-corrected chi connectivity index (χ1v) is 7.89. The summed E-state index contributed by atoms with van der Waals surface area (Å²) in [5.74, 6) is 1.89. The summed E-state index contributed by atoms with van der Waals surface area (Å²) in [6.45, 7) is 5.73. The van der Waals surface area contributed by atoms with Gasteiger partial charge in [0.15, 0.2) is 5.82 Å². The highest BCUT2D eigenvalue weighted by atomic mass is 16.3. The van der Waals surface area contributed by atoms with Gasteiger partial charge in [0, 0.05) is 31.0 Å². The number of anilines is 1. The first-order chi connectivity index (χ1) is 10.7. The molecule has 1 aliphatic heterocycles. The van der Waals surface area contributed by atoms with Gasteiger partial charge in [-0.15, -0.1) is 0 Å². The monoisotopic (exact) mass is 298 g/mol. The zero-order valence-electron chi connectivity index (χ0n) is 13.1. The van der Waals surface area contributed by atoms with Gasteiger partial charge in [-0.2, -0.15) is 0 Å². The van der Waals surface area contributed by atoms with Gasteiger partial charge >= 0.3 is 0 Å². The van der Waals surface area contributed by atoms with Crippen LogP contribution in [-0.2, 0) is 6.42 Å². The number of hydrogen-bond acceptors (Lipinski definition) is 5. The lowest BCUT2D eigenvalue weighted by atomic mass is 9.96. The van der Waals surface area contributed by atoms with E-state index in [9.17, 15) is 5.11 Å². The maximum Gasteiger partial charge on any atom is 0.180 e. The van der Waals surface area contributed by atoms with Gasteiger partial charge in [-0.1, -0.05) is 19.9 Å². The first-order valence-electron chi connectivity index (χ1n) is 7.89. The molecule has 2 atom stereocenters. The molecule has 0 amide bonds. The first kappa shape index (κ1) is 14.9. The summed E-state index contributed by atoms with van der Waals surface area (Å²) in [7, 11) is 0. The Morgan fingerprint density at radius 3 is 2.86 bits per heavy atom. The van der Waals surface area contributed by atoms with Crippen molar-refractivity contribution in [2.75, 3.05) is 18.0 Å². The third kappa shape index (κ3) is 3.09. The zero-order chi connectivity index (χ0) is 15.5. The van der Waals surface area contributed by atoms with Crippen LogP contribution in [0, 0.1) is 5.92 Å². The number of nitrogens with zero attached hydrogens (tertiary/aromatic N) is 4. The number of piperidine rings is 1. The van der Waals surface area contributed by atoms with Gasteiger partial charge in [-0.25, -0.2) is 9.97 Å². The fraction of sp³-hybridized carbons (Fsp3) is 0.471. The summed E-state index contributed by atoms with van der Waals surface area (Å²) in [6.07, 6.45) is 3.28. The minimum atomic E-state index is -0.299. The summed E-state index contributed by atoms with van der Waals surface area (Å²) in [4.78, 5) is 15.8. The minimum Gasteiger partial charge on any atom is -0.391 e. The Kier molecular flexibility index (Phi) is 4.34. The average Bonchev–Trinajstić information content (AvgIpc) is 2.57. The largest absolute Gasteiger partial charge is 0.391 e. The van der Waals surface area contributed by atoms with Crippen molar-refractivity contribution in [2.45, 2.75) is 32.8 Å². The maximum atomic E-state index is 10.1. The molecule has 0 aliphatic carbocycles. The number of aliphatic hydroxyl groups excluding tert-OH is 1. The molecule has 0 radical (unpaired) electrons. The number of β-amino-alcohol motifs (C(OH)–C–C–N with tert-alkyl or cyclic N) is 1. The molecule has 0 aromatic carbocycles. The second kappa shape index (κ2) is 6.40. The highest BCUT2D eigenvalue weighted by Crippen LogP contribution is 2.24. The molecule has 116 valence electrons. The van der Waals surface area contributed by atoms with Crippen LogP contribution in [0.2, 0.25) is 0 Å². The van der Waals surface area contributed by atoms with Gasteiger partial charge in [0.05, 0.1) is 6.10 Å². The topological polar surface area (TPSA) is 62.1 Å². The standard InChI is InChI=1S/C17H22N4O/c1-3-13-10-16(21-9-7-12(2)15(22)11-21)20-17(19-13)14-6-4-5-8-18-14/h4-6,8,10,12,15,22H,3,7,9,11H2,1-2H3. The van der Waals surface area contributed by atoms with Crippen LogP contribution in [0.4, 0.5) is 5.82 Å². The molecule has 22 heavy (non-hydrogen) atoms. The minimum absolute atomic E-state index is 0.299. The van der Waals surface area contributed by atoms with Crippen LogP contribution in [0.25, 0.3) is 11.5 Å². The molecule has 1 N–H and O–H groups in total. The molecule has 5 heteroatoms. The van der Waals surface area contributed by atoms with Crippen molar-refractivity contribution in [2.24, 2.45) is 5.92 Å². The predicted octanol–water partition coefficient (Wildman–Crippen LogP) is 2.31. The fourth-order valence-electron chi connectivity index (χ4n) is 2.69. The SMILES string of the molecule is CCc1cc(N2CCC(C)C(O)C2)nc(-c2ccccn2)n1. The highest BCUT2D eigenvalue weighted by molar-refractivity contribution is 5.54. The van der Waals surface area contributed by atoms with Crippen molar-refractivity contribution in [3.8, 4) is 11.5 Å². The Morgan fingerprint density at radius 2 is 2.18 bits per heavy atom. The average molecular weight is 298 g/mol. The molecular weight excluding hydrogens is 276 g/mol. The van der Waals surface area contributed by atoms with E-state index in [0.29, 0.717) is 18.3 Å². The summed E-state index contributed by atoms with van der Waals surface area (Å²) in [5.41, 5.74) is 1.78. The second-order valence-electron chi connectivity index (χ2n) is 5.89. The summed E-state index contributed by atoms with van der Waals surface area (Å²) >= 11 is 0. The van der Waals surface area contributed by atoms with Crippen molar-refractivity contribution in [1.82, 2.24) is 15.0 Å². The molecule has 1 fully saturated rings. The summed E-state index contributed by atoms with van der Waals surface area (Å²) < 4.78 is 0. The summed E-state index contributed by atoms with van der Waals surface area (Å²) in [5, 5.41) is 10.1. The van der Waals surface area contributed by atoms with Crippen LogP contribution in [0.5, 0.6) is 0 Å². The van der Waals surface area contributed by atoms with Gasteiger partial charge in [-0.05, 0) is 30.9 Å². The van der Waals surface area contributed by atoms with E-state index in [-0.39, 0.29) is 6.10 Å². The molecule has 0 bridgehead atoms. The van der Waals surface area contributed by atoms with Crippen molar-refractivity contribution < 1.29 is 5.11 Å². The van der Waals surface area contributed by atoms with E-state index in [2.05, 4.69) is 33.7 Å². The lowest BCUT2D eigenvalue weighted by Gasteiger charge is -2.35. The summed E-state index contributed by atoms with van der Waals surface area (Å²) in [6, 6.07) is 7.77. The van der Waals surface area contributed by atoms with E-state index < -0.39 is 0 Å². The number of rotatable bonds is 3. The molecule has 2 aromatic rings. The van der Waals surface area contributed by atoms with Crippen LogP contribution >= 0.6 is 0 Å².